The van der Waals surface area contributed by atoms with Crippen LogP contribution in [0.2, 0.25) is 0 Å². The summed E-state index contributed by atoms with van der Waals surface area (Å²) in [4.78, 5) is 21.0. The maximum atomic E-state index is 13.9. The Morgan fingerprint density at radius 1 is 1.02 bits per heavy atom. The number of amides is 1. The highest BCUT2D eigenvalue weighted by molar-refractivity contribution is 7.89. The number of aromatic nitrogens is 2. The van der Waals surface area contributed by atoms with E-state index in [1.807, 2.05) is 53.4 Å². The van der Waals surface area contributed by atoms with Gasteiger partial charge in [0.2, 0.25) is 15.9 Å². The maximum Gasteiger partial charge on any atom is 0.243 e. The SMILES string of the molecule is COCCCn1c([C@@H]2CCCN(C(=O)[C@@H]3CN(S(=O)(=O)c4cccc5ccccc45)C[C@H]3N)C2)nc2ccccc21. The van der Waals surface area contributed by atoms with E-state index in [0.29, 0.717) is 25.1 Å². The van der Waals surface area contributed by atoms with Gasteiger partial charge in [0.15, 0.2) is 0 Å². The third-order valence-electron chi connectivity index (χ3n) is 8.53. The van der Waals surface area contributed by atoms with Gasteiger partial charge >= 0.3 is 0 Å². The number of piperidine rings is 1. The zero-order valence-corrected chi connectivity index (χ0v) is 24.2. The number of aryl methyl sites for hydroxylation is 1. The Morgan fingerprint density at radius 3 is 2.66 bits per heavy atom. The number of carbonyl (C=O) groups is 1. The molecule has 216 valence electrons. The second-order valence-electron chi connectivity index (χ2n) is 11.1. The number of para-hydroxylation sites is 2. The van der Waals surface area contributed by atoms with Gasteiger partial charge in [-0.05, 0) is 42.8 Å². The minimum absolute atomic E-state index is 0.0696. The summed E-state index contributed by atoms with van der Waals surface area (Å²) in [6.07, 6.45) is 2.67. The number of nitrogens with zero attached hydrogens (tertiary/aromatic N) is 4. The van der Waals surface area contributed by atoms with Crippen LogP contribution in [0.1, 0.15) is 31.0 Å². The molecule has 41 heavy (non-hydrogen) atoms. The lowest BCUT2D eigenvalue weighted by atomic mass is 9.94. The predicted molar refractivity (Wildman–Crippen MR) is 159 cm³/mol. The maximum absolute atomic E-state index is 13.9. The van der Waals surface area contributed by atoms with Crippen LogP contribution >= 0.6 is 0 Å². The Balaban J connectivity index is 1.21. The van der Waals surface area contributed by atoms with Gasteiger partial charge in [-0.1, -0.05) is 48.5 Å². The molecule has 4 aromatic rings. The first-order chi connectivity index (χ1) is 19.9. The van der Waals surface area contributed by atoms with Gasteiger partial charge in [0.05, 0.1) is 21.8 Å². The van der Waals surface area contributed by atoms with E-state index in [9.17, 15) is 13.2 Å². The first kappa shape index (κ1) is 27.8. The van der Waals surface area contributed by atoms with Crippen LogP contribution in [0.15, 0.2) is 71.6 Å². The fraction of sp³-hybridized carbons (Fsp3) is 0.419. The lowest BCUT2D eigenvalue weighted by Crippen LogP contribution is -2.47. The summed E-state index contributed by atoms with van der Waals surface area (Å²) in [7, 11) is -2.11. The average molecular weight is 576 g/mol. The van der Waals surface area contributed by atoms with Crippen LogP contribution in [-0.4, -0.2) is 79.0 Å². The first-order valence-electron chi connectivity index (χ1n) is 14.3. The Morgan fingerprint density at radius 2 is 1.80 bits per heavy atom. The highest BCUT2D eigenvalue weighted by Crippen LogP contribution is 2.33. The molecule has 0 bridgehead atoms. The standard InChI is InChI=1S/C31H37N5O4S/c1-40-18-8-17-36-28-14-5-4-13-27(28)33-30(36)23-11-7-16-34(19-23)31(37)25-20-35(21-26(25)32)41(38,39)29-15-6-10-22-9-2-3-12-24(22)29/h2-6,9-10,12-15,23,25-26H,7-8,11,16-21,32H2,1H3/t23-,25-,26-/m1/s1. The fourth-order valence-corrected chi connectivity index (χ4v) is 8.16. The van der Waals surface area contributed by atoms with Crippen molar-refractivity contribution < 1.29 is 17.9 Å². The third kappa shape index (κ3) is 5.25. The van der Waals surface area contributed by atoms with Gasteiger partial charge in [-0.3, -0.25) is 4.79 Å². The molecule has 0 radical (unpaired) electrons. The van der Waals surface area contributed by atoms with E-state index in [1.165, 1.54) is 4.31 Å². The van der Waals surface area contributed by atoms with Gasteiger partial charge in [0, 0.05) is 63.8 Å². The minimum atomic E-state index is -3.82. The van der Waals surface area contributed by atoms with Crippen LogP contribution in [0.5, 0.6) is 0 Å². The molecule has 2 fully saturated rings. The number of hydrogen-bond acceptors (Lipinski definition) is 6. The van der Waals surface area contributed by atoms with Crippen molar-refractivity contribution >= 4 is 37.7 Å². The molecule has 3 heterocycles. The minimum Gasteiger partial charge on any atom is -0.385 e. The Bertz CT molecular complexity index is 1660. The number of benzene rings is 3. The van der Waals surface area contributed by atoms with Crippen LogP contribution in [0.4, 0.5) is 0 Å². The molecular formula is C31H37N5O4S. The van der Waals surface area contributed by atoms with E-state index in [4.69, 9.17) is 15.5 Å². The van der Waals surface area contributed by atoms with Crippen LogP contribution < -0.4 is 5.73 Å². The number of likely N-dealkylation sites (tertiary alicyclic amines) is 1. The van der Waals surface area contributed by atoms with E-state index in [1.54, 1.807) is 19.2 Å². The number of nitrogens with two attached hydrogens (primary N) is 1. The molecule has 3 atom stereocenters. The molecule has 10 heteroatoms. The molecule has 0 unspecified atom stereocenters. The summed E-state index contributed by atoms with van der Waals surface area (Å²) in [5, 5.41) is 1.53. The molecule has 1 aromatic heterocycles. The monoisotopic (exact) mass is 575 g/mol. The van der Waals surface area contributed by atoms with Crippen molar-refractivity contribution in [2.24, 2.45) is 11.7 Å². The number of fused-ring (bicyclic) bond motifs is 2. The molecule has 3 aromatic carbocycles. The lowest BCUT2D eigenvalue weighted by molar-refractivity contribution is -0.136. The fourth-order valence-electron chi connectivity index (χ4n) is 6.44. The van der Waals surface area contributed by atoms with Crippen LogP contribution in [-0.2, 0) is 26.1 Å². The van der Waals surface area contributed by atoms with Crippen molar-refractivity contribution in [1.82, 2.24) is 18.8 Å². The highest BCUT2D eigenvalue weighted by Gasteiger charge is 2.44. The number of carbonyl (C=O) groups excluding carboxylic acids is 1. The zero-order chi connectivity index (χ0) is 28.6. The lowest BCUT2D eigenvalue weighted by Gasteiger charge is -2.35. The van der Waals surface area contributed by atoms with Gasteiger partial charge in [0.1, 0.15) is 5.82 Å². The molecular weight excluding hydrogens is 538 g/mol. The third-order valence-corrected chi connectivity index (χ3v) is 10.4. The van der Waals surface area contributed by atoms with Crippen molar-refractivity contribution in [1.29, 1.82) is 0 Å². The van der Waals surface area contributed by atoms with E-state index < -0.39 is 22.0 Å². The number of hydrogen-bond donors (Lipinski definition) is 1. The van der Waals surface area contributed by atoms with Gasteiger partial charge < -0.3 is 19.9 Å². The van der Waals surface area contributed by atoms with Gasteiger partial charge in [-0.25, -0.2) is 13.4 Å². The molecule has 9 nitrogen and oxygen atoms in total. The molecule has 2 aliphatic heterocycles. The highest BCUT2D eigenvalue weighted by atomic mass is 32.2. The van der Waals surface area contributed by atoms with Crippen molar-refractivity contribution in [3.05, 3.63) is 72.6 Å². The average Bonchev–Trinajstić information content (AvgIpc) is 3.58. The second-order valence-corrected chi connectivity index (χ2v) is 13.1. The summed E-state index contributed by atoms with van der Waals surface area (Å²) in [5.74, 6) is 0.436. The quantitative estimate of drug-likeness (QED) is 0.322. The van der Waals surface area contributed by atoms with Gasteiger partial charge in [-0.2, -0.15) is 4.31 Å². The number of methoxy groups -OCH3 is 1. The number of sulfonamides is 1. The Labute approximate surface area is 240 Å². The number of ether oxygens (including phenoxy) is 1. The van der Waals surface area contributed by atoms with Crippen LogP contribution in [0.25, 0.3) is 21.8 Å². The predicted octanol–water partition coefficient (Wildman–Crippen LogP) is 3.58. The Hall–Kier alpha value is -3.31. The topological polar surface area (TPSA) is 111 Å². The summed E-state index contributed by atoms with van der Waals surface area (Å²) in [5.41, 5.74) is 8.52. The molecule has 2 N–H and O–H groups in total. The molecule has 0 aliphatic carbocycles. The summed E-state index contributed by atoms with van der Waals surface area (Å²) in [6, 6.07) is 20.3. The van der Waals surface area contributed by atoms with Crippen molar-refractivity contribution in [3.8, 4) is 0 Å². The number of rotatable bonds is 8. The van der Waals surface area contributed by atoms with Crippen LogP contribution in [0, 0.1) is 5.92 Å². The largest absolute Gasteiger partial charge is 0.385 e. The normalized spacial score (nSPS) is 22.1. The van der Waals surface area contributed by atoms with Crippen molar-refractivity contribution in [2.75, 3.05) is 39.9 Å². The van der Waals surface area contributed by atoms with E-state index >= 15 is 0 Å². The molecule has 2 aliphatic rings. The van der Waals surface area contributed by atoms with E-state index in [0.717, 1.165) is 48.1 Å². The molecule has 2 saturated heterocycles. The van der Waals surface area contributed by atoms with Gasteiger partial charge in [-0.15, -0.1) is 0 Å². The molecule has 0 spiro atoms. The summed E-state index contributed by atoms with van der Waals surface area (Å²) < 4.78 is 36.4. The second kappa shape index (κ2) is 11.5. The first-order valence-corrected chi connectivity index (χ1v) is 15.8. The van der Waals surface area contributed by atoms with Crippen LogP contribution in [0.3, 0.4) is 0 Å². The molecule has 1 amide bonds. The summed E-state index contributed by atoms with van der Waals surface area (Å²) >= 11 is 0. The smallest absolute Gasteiger partial charge is 0.243 e. The molecule has 0 saturated carbocycles. The number of imidazole rings is 1. The zero-order valence-electron chi connectivity index (χ0n) is 23.4. The Kier molecular flexibility index (Phi) is 7.82. The van der Waals surface area contributed by atoms with Crippen molar-refractivity contribution in [3.63, 3.8) is 0 Å². The van der Waals surface area contributed by atoms with Crippen molar-refractivity contribution in [2.45, 2.75) is 42.7 Å². The van der Waals surface area contributed by atoms with E-state index in [2.05, 4.69) is 10.6 Å². The molecule has 6 rings (SSSR count). The van der Waals surface area contributed by atoms with E-state index in [-0.39, 0.29) is 29.8 Å². The van der Waals surface area contributed by atoms with Gasteiger partial charge in [0.25, 0.3) is 0 Å². The summed E-state index contributed by atoms with van der Waals surface area (Å²) in [6.45, 7) is 2.85.